The molecule has 4 nitrogen and oxygen atoms in total. The van der Waals surface area contributed by atoms with Crippen molar-refractivity contribution in [1.29, 1.82) is 0 Å². The molecule has 20 heavy (non-hydrogen) atoms. The fourth-order valence-corrected chi connectivity index (χ4v) is 1.97. The third-order valence-electron chi connectivity index (χ3n) is 2.31. The summed E-state index contributed by atoms with van der Waals surface area (Å²) < 4.78 is 19.5. The van der Waals surface area contributed by atoms with Gasteiger partial charge in [-0.25, -0.2) is 15.7 Å². The van der Waals surface area contributed by atoms with Gasteiger partial charge < -0.3 is 17.0 Å². The van der Waals surface area contributed by atoms with Crippen LogP contribution >= 0.6 is 15.9 Å². The Kier molecular flexibility index (Phi) is 8.49. The number of nitrogens with zero attached hydrogens (tertiary/aromatic N) is 2. The van der Waals surface area contributed by atoms with Crippen molar-refractivity contribution in [1.82, 2.24) is 9.97 Å². The zero-order chi connectivity index (χ0) is 13.1. The van der Waals surface area contributed by atoms with E-state index >= 15 is 0 Å². The maximum atomic E-state index is 13.8. The smallest absolute Gasteiger partial charge is 0.539 e. The molecule has 0 aliphatic rings. The maximum absolute atomic E-state index is 13.8. The molecule has 0 aliphatic heterocycles. The number of rotatable bonds is 4. The average molecular weight is 565 g/mol. The third kappa shape index (κ3) is 4.24. The zero-order valence-corrected chi connectivity index (χ0v) is 16.8. The van der Waals surface area contributed by atoms with E-state index in [1.165, 1.54) is 6.07 Å². The first-order valence-corrected chi connectivity index (χ1v) is 6.08. The summed E-state index contributed by atoms with van der Waals surface area (Å²) in [7, 11) is 0. The summed E-state index contributed by atoms with van der Waals surface area (Å²) in [6.45, 7) is 1.61. The molecule has 0 fully saturated rings. The van der Waals surface area contributed by atoms with Crippen LogP contribution in [-0.4, -0.2) is 22.9 Å². The number of hydrogen-bond donors (Lipinski definition) is 0. The molecule has 0 saturated carbocycles. The van der Waals surface area contributed by atoms with Gasteiger partial charge in [0.15, 0.2) is 5.82 Å². The third-order valence-corrected chi connectivity index (χ3v) is 2.77. The van der Waals surface area contributed by atoms with E-state index in [9.17, 15) is 9.18 Å². The Morgan fingerprint density at radius 1 is 1.40 bits per heavy atom. The Hall–Kier alpha value is -0.508. The fourth-order valence-electron chi connectivity index (χ4n) is 1.54. The van der Waals surface area contributed by atoms with Gasteiger partial charge in [-0.2, -0.15) is 4.98 Å². The van der Waals surface area contributed by atoms with Gasteiger partial charge in [0, 0.05) is 10.9 Å². The molecular weight excluding hydrogens is 553 g/mol. The topological polar surface area (TPSA) is 52.1 Å². The van der Waals surface area contributed by atoms with Crippen LogP contribution in [0.4, 0.5) is 4.39 Å². The molecule has 0 radical (unpaired) electrons. The Bertz CT molecular complexity index is 610. The van der Waals surface area contributed by atoms with Crippen molar-refractivity contribution in [3.05, 3.63) is 35.7 Å². The van der Waals surface area contributed by atoms with E-state index < -0.39 is 5.82 Å². The average Bonchev–Trinajstić information content (AvgIpc) is 2.36. The molecule has 0 bridgehead atoms. The first kappa shape index (κ1) is 19.5. The summed E-state index contributed by atoms with van der Waals surface area (Å²) in [6.07, 6.45) is 2.16. The van der Waals surface area contributed by atoms with Crippen LogP contribution in [-0.2, 0) is 11.2 Å². The summed E-state index contributed by atoms with van der Waals surface area (Å²) >= 11 is 3.19. The monoisotopic (exact) mass is 564 g/mol. The molecular formula is C13H12BrFN2O2U. The molecule has 7 heteroatoms. The second-order valence-electron chi connectivity index (χ2n) is 3.52. The number of carbonyl (C=O) groups excluding carboxylic acids is 1. The van der Waals surface area contributed by atoms with E-state index in [2.05, 4.69) is 25.9 Å². The van der Waals surface area contributed by atoms with Gasteiger partial charge in [-0.3, -0.25) is 0 Å². The molecule has 104 valence electrons. The van der Waals surface area contributed by atoms with E-state index in [0.29, 0.717) is 22.1 Å². The molecule has 0 atom stereocenters. The largest absolute Gasteiger partial charge is 2.00 e. The maximum Gasteiger partial charge on any atom is 2.00 e. The van der Waals surface area contributed by atoms with Gasteiger partial charge in [0.2, 0.25) is 5.88 Å². The molecule has 2 aromatic rings. The van der Waals surface area contributed by atoms with Gasteiger partial charge in [0.05, 0.1) is 5.39 Å². The van der Waals surface area contributed by atoms with Crippen molar-refractivity contribution in [2.45, 2.75) is 13.3 Å². The molecule has 0 saturated heterocycles. The minimum atomic E-state index is -0.462. The van der Waals surface area contributed by atoms with Gasteiger partial charge in [0.25, 0.3) is 0 Å². The van der Waals surface area contributed by atoms with E-state index in [0.717, 1.165) is 0 Å². The fraction of sp³-hybridized carbons (Fsp3) is 0.231. The number of fused-ring (bicyclic) bond motifs is 1. The first-order valence-electron chi connectivity index (χ1n) is 5.29. The molecule has 1 heterocycles. The van der Waals surface area contributed by atoms with Crippen molar-refractivity contribution in [3.8, 4) is 5.88 Å². The normalized spacial score (nSPS) is 9.55. The van der Waals surface area contributed by atoms with Crippen LogP contribution in [0, 0.1) is 44.4 Å². The van der Waals surface area contributed by atoms with Crippen LogP contribution in [0.2, 0.25) is 0 Å². The van der Waals surface area contributed by atoms with Crippen molar-refractivity contribution >= 4 is 33.1 Å². The van der Waals surface area contributed by atoms with Crippen LogP contribution in [0.1, 0.15) is 12.7 Å². The van der Waals surface area contributed by atoms with Crippen LogP contribution < -0.4 is 4.74 Å². The first-order chi connectivity index (χ1) is 8.65. The summed E-state index contributed by atoms with van der Waals surface area (Å²) in [6, 6.07) is 2.97. The minimum Gasteiger partial charge on any atom is -0.539 e. The molecule has 1 aromatic heterocycles. The van der Waals surface area contributed by atoms with Crippen molar-refractivity contribution in [2.75, 3.05) is 6.61 Å². The Balaban J connectivity index is 0.00000180. The summed E-state index contributed by atoms with van der Waals surface area (Å²) in [5.74, 6) is 0.196. The Morgan fingerprint density at radius 2 is 2.10 bits per heavy atom. The zero-order valence-electron chi connectivity index (χ0n) is 11.0. The van der Waals surface area contributed by atoms with E-state index in [-0.39, 0.29) is 56.5 Å². The molecule has 0 spiro atoms. The van der Waals surface area contributed by atoms with Crippen LogP contribution in [0.5, 0.6) is 5.88 Å². The minimum absolute atomic E-state index is 0. The number of hydrogen-bond acceptors (Lipinski definition) is 4. The van der Waals surface area contributed by atoms with Crippen molar-refractivity contribution in [3.63, 3.8) is 0 Å². The number of aryl methyl sites for hydroxylation is 1. The van der Waals surface area contributed by atoms with Gasteiger partial charge in [-0.05, 0) is 18.7 Å². The number of ether oxygens (including phenoxy) is 1. The van der Waals surface area contributed by atoms with Crippen molar-refractivity contribution in [2.24, 2.45) is 0 Å². The molecule has 2 rings (SSSR count). The molecule has 1 aromatic carbocycles. The predicted octanol–water partition coefficient (Wildman–Crippen LogP) is 3.03. The summed E-state index contributed by atoms with van der Waals surface area (Å²) in [5, 5.41) is 0.425. The standard InChI is InChI=1S/C12H9BrFN2O2.CH3.U/c1-2-10-15-11-8(5-7(13)6-9(11)14)12(16-10)18-4-3-17;;/h5-6H,2,4H2,1H3;1H3;/q2*-1;+2. The van der Waals surface area contributed by atoms with E-state index in [1.54, 1.807) is 12.4 Å². The number of benzene rings is 1. The van der Waals surface area contributed by atoms with Gasteiger partial charge in [0.1, 0.15) is 11.3 Å². The molecule has 0 unspecified atom stereocenters. The number of aromatic nitrogens is 2. The summed E-state index contributed by atoms with van der Waals surface area (Å²) in [4.78, 5) is 18.5. The van der Waals surface area contributed by atoms with Crippen LogP contribution in [0.15, 0.2) is 16.6 Å². The molecule has 0 N–H and O–H groups in total. The quantitative estimate of drug-likeness (QED) is 0.536. The summed E-state index contributed by atoms with van der Waals surface area (Å²) in [5.41, 5.74) is 0.186. The van der Waals surface area contributed by atoms with Gasteiger partial charge in [-0.15, -0.1) is 0 Å². The van der Waals surface area contributed by atoms with Gasteiger partial charge in [-0.1, -0.05) is 22.9 Å². The second-order valence-corrected chi connectivity index (χ2v) is 4.43. The second kappa shape index (κ2) is 8.71. The van der Waals surface area contributed by atoms with Crippen LogP contribution in [0.25, 0.3) is 10.9 Å². The van der Waals surface area contributed by atoms with Crippen molar-refractivity contribution < 1.29 is 45.0 Å². The molecule has 0 amide bonds. The Morgan fingerprint density at radius 3 is 2.70 bits per heavy atom. The van der Waals surface area contributed by atoms with Crippen LogP contribution in [0.3, 0.4) is 0 Å². The Labute approximate surface area is 149 Å². The van der Waals surface area contributed by atoms with E-state index in [1.807, 2.05) is 6.92 Å². The van der Waals surface area contributed by atoms with E-state index in [4.69, 9.17) is 4.74 Å². The molecule has 0 aliphatic carbocycles. The van der Waals surface area contributed by atoms with Gasteiger partial charge >= 0.3 is 31.1 Å². The predicted molar refractivity (Wildman–Crippen MR) is 74.2 cm³/mol. The number of halogens is 2. The SMILES string of the molecule is CCc1nc(OC[C-]=O)c2cc(Br)cc(F)c2n1.[CH3-].[U+2].